The quantitative estimate of drug-likeness (QED) is 0.943. The van der Waals surface area contributed by atoms with Gasteiger partial charge in [-0.1, -0.05) is 30.3 Å². The molecule has 0 radical (unpaired) electrons. The predicted molar refractivity (Wildman–Crippen MR) is 81.8 cm³/mol. The van der Waals surface area contributed by atoms with E-state index in [1.807, 2.05) is 42.5 Å². The maximum Gasteiger partial charge on any atom is 0.151 e. The molecule has 21 heavy (non-hydrogen) atoms. The summed E-state index contributed by atoms with van der Waals surface area (Å²) in [6, 6.07) is 13.6. The molecular formula is C16H19NO3S. The first-order valence-electron chi connectivity index (χ1n) is 7.19. The Bertz CT molecular complexity index is 665. The molecular weight excluding hydrogens is 286 g/mol. The van der Waals surface area contributed by atoms with Crippen molar-refractivity contribution in [3.63, 3.8) is 0 Å². The van der Waals surface area contributed by atoms with Crippen LogP contribution in [0.4, 0.5) is 0 Å². The van der Waals surface area contributed by atoms with Gasteiger partial charge in [0.1, 0.15) is 5.76 Å². The van der Waals surface area contributed by atoms with Crippen molar-refractivity contribution in [1.82, 2.24) is 5.32 Å². The zero-order valence-electron chi connectivity index (χ0n) is 11.7. The molecule has 1 N–H and O–H groups in total. The van der Waals surface area contributed by atoms with Crippen LogP contribution in [0.15, 0.2) is 53.1 Å². The Balaban J connectivity index is 1.83. The van der Waals surface area contributed by atoms with E-state index in [9.17, 15) is 8.42 Å². The lowest BCUT2D eigenvalue weighted by Crippen LogP contribution is -2.42. The van der Waals surface area contributed by atoms with Gasteiger partial charge in [-0.25, -0.2) is 8.42 Å². The number of hydrogen-bond acceptors (Lipinski definition) is 4. The predicted octanol–water partition coefficient (Wildman–Crippen LogP) is 2.54. The third kappa shape index (κ3) is 3.54. The van der Waals surface area contributed by atoms with Gasteiger partial charge in [-0.05, 0) is 30.5 Å². The van der Waals surface area contributed by atoms with Gasteiger partial charge < -0.3 is 4.42 Å². The lowest BCUT2D eigenvalue weighted by Gasteiger charge is -2.27. The monoisotopic (exact) mass is 305 g/mol. The Morgan fingerprint density at radius 3 is 2.62 bits per heavy atom. The second-order valence-corrected chi connectivity index (χ2v) is 7.71. The fraction of sp³-hybridized carbons (Fsp3) is 0.375. The molecule has 0 amide bonds. The van der Waals surface area contributed by atoms with Gasteiger partial charge in [0.2, 0.25) is 0 Å². The van der Waals surface area contributed by atoms with Crippen LogP contribution in [0.5, 0.6) is 0 Å². The molecule has 1 aromatic heterocycles. The molecule has 0 saturated carbocycles. The number of benzene rings is 1. The fourth-order valence-corrected chi connectivity index (χ4v) is 4.48. The number of sulfone groups is 1. The lowest BCUT2D eigenvalue weighted by molar-refractivity contribution is 0.396. The van der Waals surface area contributed by atoms with Crippen molar-refractivity contribution in [1.29, 1.82) is 0 Å². The molecule has 4 nitrogen and oxygen atoms in total. The highest BCUT2D eigenvalue weighted by atomic mass is 32.2. The highest BCUT2D eigenvalue weighted by Gasteiger charge is 2.28. The Kier molecular flexibility index (Phi) is 4.12. The van der Waals surface area contributed by atoms with E-state index in [-0.39, 0.29) is 17.8 Å². The molecule has 2 heterocycles. The smallest absolute Gasteiger partial charge is 0.151 e. The third-order valence-corrected chi connectivity index (χ3v) is 5.65. The van der Waals surface area contributed by atoms with E-state index in [0.29, 0.717) is 5.75 Å². The number of rotatable bonds is 4. The van der Waals surface area contributed by atoms with Gasteiger partial charge in [0, 0.05) is 6.04 Å². The highest BCUT2D eigenvalue weighted by Crippen LogP contribution is 2.25. The van der Waals surface area contributed by atoms with E-state index in [1.165, 1.54) is 0 Å². The van der Waals surface area contributed by atoms with Crippen molar-refractivity contribution >= 4 is 9.84 Å². The van der Waals surface area contributed by atoms with Gasteiger partial charge in [-0.3, -0.25) is 5.32 Å². The van der Waals surface area contributed by atoms with Crippen molar-refractivity contribution in [2.45, 2.75) is 24.9 Å². The molecule has 2 unspecified atom stereocenters. The third-order valence-electron chi connectivity index (χ3n) is 3.83. The normalized spacial score (nSPS) is 22.8. The number of nitrogens with one attached hydrogen (secondary N) is 1. The largest absolute Gasteiger partial charge is 0.467 e. The minimum atomic E-state index is -2.92. The summed E-state index contributed by atoms with van der Waals surface area (Å²) in [5.74, 6) is 1.32. The van der Waals surface area contributed by atoms with Crippen molar-refractivity contribution < 1.29 is 12.8 Å². The summed E-state index contributed by atoms with van der Waals surface area (Å²) < 4.78 is 29.1. The first-order chi connectivity index (χ1) is 10.1. The molecule has 2 aromatic rings. The second-order valence-electron chi connectivity index (χ2n) is 5.48. The van der Waals surface area contributed by atoms with Crippen LogP contribution >= 0.6 is 0 Å². The van der Waals surface area contributed by atoms with Crippen LogP contribution in [0.25, 0.3) is 0 Å². The van der Waals surface area contributed by atoms with E-state index < -0.39 is 9.84 Å². The van der Waals surface area contributed by atoms with E-state index in [0.717, 1.165) is 24.2 Å². The Morgan fingerprint density at radius 2 is 1.95 bits per heavy atom. The van der Waals surface area contributed by atoms with Crippen molar-refractivity contribution in [2.24, 2.45) is 0 Å². The summed E-state index contributed by atoms with van der Waals surface area (Å²) >= 11 is 0. The standard InChI is InChI=1S/C16H19NO3S/c18-21(19)11-5-8-14(12-21)17-16(15-9-4-10-20-15)13-6-2-1-3-7-13/h1-4,6-7,9-10,14,16-17H,5,8,11-12H2. The summed E-state index contributed by atoms with van der Waals surface area (Å²) in [4.78, 5) is 0. The van der Waals surface area contributed by atoms with Crippen molar-refractivity contribution in [3.05, 3.63) is 60.1 Å². The van der Waals surface area contributed by atoms with Crippen LogP contribution in [-0.4, -0.2) is 26.0 Å². The van der Waals surface area contributed by atoms with E-state index in [4.69, 9.17) is 4.42 Å². The van der Waals surface area contributed by atoms with Gasteiger partial charge in [0.15, 0.2) is 9.84 Å². The Morgan fingerprint density at radius 1 is 1.14 bits per heavy atom. The SMILES string of the molecule is O=S1(=O)CCCC(NC(c2ccccc2)c2ccco2)C1. The summed E-state index contributed by atoms with van der Waals surface area (Å²) in [7, 11) is -2.92. The maximum absolute atomic E-state index is 11.8. The van der Waals surface area contributed by atoms with Crippen LogP contribution in [0.3, 0.4) is 0 Å². The van der Waals surface area contributed by atoms with Gasteiger partial charge in [0.05, 0.1) is 23.8 Å². The molecule has 2 atom stereocenters. The number of hydrogen-bond donors (Lipinski definition) is 1. The van der Waals surface area contributed by atoms with E-state index >= 15 is 0 Å². The molecule has 1 aromatic carbocycles. The summed E-state index contributed by atoms with van der Waals surface area (Å²) in [5, 5.41) is 3.46. The molecule has 0 bridgehead atoms. The maximum atomic E-state index is 11.8. The number of furan rings is 1. The first kappa shape index (κ1) is 14.4. The zero-order valence-corrected chi connectivity index (χ0v) is 12.6. The van der Waals surface area contributed by atoms with E-state index in [1.54, 1.807) is 6.26 Å². The molecule has 5 heteroatoms. The molecule has 1 fully saturated rings. The van der Waals surface area contributed by atoms with Gasteiger partial charge in [0.25, 0.3) is 0 Å². The zero-order chi connectivity index (χ0) is 14.7. The minimum absolute atomic E-state index is 0.0287. The van der Waals surface area contributed by atoms with Crippen LogP contribution in [-0.2, 0) is 9.84 Å². The summed E-state index contributed by atoms with van der Waals surface area (Å²) in [6.07, 6.45) is 3.24. The van der Waals surface area contributed by atoms with Crippen LogP contribution in [0, 0.1) is 0 Å². The molecule has 3 rings (SSSR count). The van der Waals surface area contributed by atoms with E-state index in [2.05, 4.69) is 5.32 Å². The molecule has 0 aliphatic carbocycles. The van der Waals surface area contributed by atoms with Crippen LogP contribution in [0.2, 0.25) is 0 Å². The summed E-state index contributed by atoms with van der Waals surface area (Å²) in [6.45, 7) is 0. The topological polar surface area (TPSA) is 59.3 Å². The molecule has 1 saturated heterocycles. The van der Waals surface area contributed by atoms with Gasteiger partial charge in [-0.15, -0.1) is 0 Å². The van der Waals surface area contributed by atoms with Crippen LogP contribution in [0.1, 0.15) is 30.2 Å². The molecule has 0 spiro atoms. The first-order valence-corrected chi connectivity index (χ1v) is 9.01. The minimum Gasteiger partial charge on any atom is -0.467 e. The van der Waals surface area contributed by atoms with Crippen LogP contribution < -0.4 is 5.32 Å². The second kappa shape index (κ2) is 6.03. The highest BCUT2D eigenvalue weighted by molar-refractivity contribution is 7.91. The van der Waals surface area contributed by atoms with Crippen molar-refractivity contribution in [2.75, 3.05) is 11.5 Å². The molecule has 112 valence electrons. The lowest BCUT2D eigenvalue weighted by atomic mass is 10.0. The van der Waals surface area contributed by atoms with Gasteiger partial charge >= 0.3 is 0 Å². The average Bonchev–Trinajstić information content (AvgIpc) is 2.99. The average molecular weight is 305 g/mol. The fourth-order valence-electron chi connectivity index (χ4n) is 2.83. The molecule has 1 aliphatic heterocycles. The summed E-state index contributed by atoms with van der Waals surface area (Å²) in [5.41, 5.74) is 1.08. The van der Waals surface area contributed by atoms with Gasteiger partial charge in [-0.2, -0.15) is 0 Å². The van der Waals surface area contributed by atoms with Crippen molar-refractivity contribution in [3.8, 4) is 0 Å². The molecule has 1 aliphatic rings. The Hall–Kier alpha value is -1.59. The Labute approximate surface area is 125 Å².